The summed E-state index contributed by atoms with van der Waals surface area (Å²) >= 11 is 0. The Balaban J connectivity index is 0.00000162. The van der Waals surface area contributed by atoms with Crippen LogP contribution in [-0.4, -0.2) is 16.9 Å². The fourth-order valence-electron chi connectivity index (χ4n) is 1.67. The van der Waals surface area contributed by atoms with Gasteiger partial charge in [-0.25, -0.2) is 4.39 Å². The van der Waals surface area contributed by atoms with Crippen molar-refractivity contribution in [2.45, 2.75) is 6.04 Å². The molecule has 2 N–H and O–H groups in total. The molecule has 0 bridgehead atoms. The van der Waals surface area contributed by atoms with Gasteiger partial charge in [0.2, 0.25) is 0 Å². The monoisotopic (exact) mass is 271 g/mol. The van der Waals surface area contributed by atoms with Crippen molar-refractivity contribution in [2.24, 2.45) is 12.8 Å². The summed E-state index contributed by atoms with van der Waals surface area (Å²) in [5.41, 5.74) is 7.56. The molecule has 0 amide bonds. The second-order valence-electron chi connectivity index (χ2n) is 3.82. The average Bonchev–Trinajstić information content (AvgIpc) is 2.75. The zero-order chi connectivity index (χ0) is 12.4. The summed E-state index contributed by atoms with van der Waals surface area (Å²) in [6.45, 7) is 0. The number of benzene rings is 1. The van der Waals surface area contributed by atoms with Crippen LogP contribution in [0.25, 0.3) is 0 Å². The van der Waals surface area contributed by atoms with Crippen LogP contribution in [0, 0.1) is 5.82 Å². The number of nitrogens with zero attached hydrogens (tertiary/aromatic N) is 2. The molecule has 0 aliphatic rings. The number of aromatic nitrogens is 2. The van der Waals surface area contributed by atoms with E-state index in [9.17, 15) is 4.39 Å². The Labute approximate surface area is 111 Å². The number of nitrogens with two attached hydrogens (primary N) is 1. The minimum atomic E-state index is -0.413. The van der Waals surface area contributed by atoms with Crippen molar-refractivity contribution in [2.75, 3.05) is 7.11 Å². The number of aryl methyl sites for hydroxylation is 1. The van der Waals surface area contributed by atoms with E-state index in [1.165, 1.54) is 13.2 Å². The van der Waals surface area contributed by atoms with Crippen LogP contribution in [0.5, 0.6) is 5.75 Å². The highest BCUT2D eigenvalue weighted by Crippen LogP contribution is 2.24. The molecule has 0 aliphatic heterocycles. The van der Waals surface area contributed by atoms with Crippen LogP contribution in [0.1, 0.15) is 17.2 Å². The summed E-state index contributed by atoms with van der Waals surface area (Å²) in [5, 5.41) is 4.04. The summed E-state index contributed by atoms with van der Waals surface area (Å²) in [6.07, 6.45) is 3.49. The Morgan fingerprint density at radius 2 is 2.11 bits per heavy atom. The van der Waals surface area contributed by atoms with Gasteiger partial charge in [-0.05, 0) is 17.7 Å². The number of ether oxygens (including phenoxy) is 1. The molecule has 1 aromatic heterocycles. The zero-order valence-corrected chi connectivity index (χ0v) is 10.9. The van der Waals surface area contributed by atoms with Crippen LogP contribution >= 0.6 is 12.4 Å². The first kappa shape index (κ1) is 14.5. The van der Waals surface area contributed by atoms with Gasteiger partial charge in [0.25, 0.3) is 0 Å². The molecular weight excluding hydrogens is 257 g/mol. The highest BCUT2D eigenvalue weighted by Gasteiger charge is 2.13. The average molecular weight is 272 g/mol. The summed E-state index contributed by atoms with van der Waals surface area (Å²) in [6, 6.07) is 4.32. The van der Waals surface area contributed by atoms with Gasteiger partial charge >= 0.3 is 0 Å². The zero-order valence-electron chi connectivity index (χ0n) is 10.1. The second-order valence-corrected chi connectivity index (χ2v) is 3.82. The van der Waals surface area contributed by atoms with Gasteiger partial charge in [0.15, 0.2) is 11.6 Å². The van der Waals surface area contributed by atoms with Crippen LogP contribution in [0.15, 0.2) is 30.6 Å². The maximum atomic E-state index is 13.5. The third kappa shape index (κ3) is 2.80. The quantitative estimate of drug-likeness (QED) is 0.929. The second kappa shape index (κ2) is 5.84. The number of halogens is 2. The predicted molar refractivity (Wildman–Crippen MR) is 69.4 cm³/mol. The van der Waals surface area contributed by atoms with Gasteiger partial charge in [0.1, 0.15) is 0 Å². The van der Waals surface area contributed by atoms with E-state index in [0.717, 1.165) is 5.56 Å². The number of methoxy groups -OCH3 is 1. The lowest BCUT2D eigenvalue weighted by Gasteiger charge is -2.11. The SMILES string of the molecule is COc1ccc([C@H](N)c2cnn(C)c2)cc1F.Cl. The molecule has 2 rings (SSSR count). The minimum absolute atomic E-state index is 0. The van der Waals surface area contributed by atoms with E-state index in [-0.39, 0.29) is 24.2 Å². The van der Waals surface area contributed by atoms with Crippen LogP contribution in [-0.2, 0) is 7.05 Å². The Kier molecular flexibility index (Phi) is 4.69. The maximum Gasteiger partial charge on any atom is 0.165 e. The lowest BCUT2D eigenvalue weighted by molar-refractivity contribution is 0.386. The Morgan fingerprint density at radius 3 is 2.61 bits per heavy atom. The molecule has 4 nitrogen and oxygen atoms in total. The molecule has 1 atom stereocenters. The first-order chi connectivity index (χ1) is 8.11. The molecule has 0 radical (unpaired) electrons. The molecule has 6 heteroatoms. The molecule has 0 unspecified atom stereocenters. The number of hydrogen-bond donors (Lipinski definition) is 1. The fraction of sp³-hybridized carbons (Fsp3) is 0.250. The van der Waals surface area contributed by atoms with Gasteiger partial charge in [-0.15, -0.1) is 12.4 Å². The van der Waals surface area contributed by atoms with Gasteiger partial charge < -0.3 is 10.5 Å². The third-order valence-electron chi connectivity index (χ3n) is 2.62. The van der Waals surface area contributed by atoms with E-state index in [2.05, 4.69) is 5.10 Å². The smallest absolute Gasteiger partial charge is 0.165 e. The fourth-order valence-corrected chi connectivity index (χ4v) is 1.67. The van der Waals surface area contributed by atoms with Gasteiger partial charge in [0, 0.05) is 18.8 Å². The molecule has 18 heavy (non-hydrogen) atoms. The lowest BCUT2D eigenvalue weighted by Crippen LogP contribution is -2.11. The molecule has 0 saturated heterocycles. The van der Waals surface area contributed by atoms with E-state index < -0.39 is 5.82 Å². The minimum Gasteiger partial charge on any atom is -0.494 e. The van der Waals surface area contributed by atoms with Crippen molar-refractivity contribution >= 4 is 12.4 Å². The molecule has 0 fully saturated rings. The van der Waals surface area contributed by atoms with Crippen LogP contribution in [0.4, 0.5) is 4.39 Å². The molecular formula is C12H15ClFN3O. The van der Waals surface area contributed by atoms with Gasteiger partial charge in [-0.3, -0.25) is 4.68 Å². The Morgan fingerprint density at radius 1 is 1.39 bits per heavy atom. The standard InChI is InChI=1S/C12H14FN3O.ClH/c1-16-7-9(6-15-16)12(14)8-3-4-11(17-2)10(13)5-8;/h3-7,12H,14H2,1-2H3;1H/t12-;/m0./s1. The van der Waals surface area contributed by atoms with Crippen molar-refractivity contribution in [3.8, 4) is 5.75 Å². The van der Waals surface area contributed by atoms with Crippen molar-refractivity contribution in [3.63, 3.8) is 0 Å². The van der Waals surface area contributed by atoms with E-state index in [1.54, 1.807) is 23.0 Å². The van der Waals surface area contributed by atoms with E-state index in [4.69, 9.17) is 10.5 Å². The number of hydrogen-bond acceptors (Lipinski definition) is 3. The van der Waals surface area contributed by atoms with Crippen molar-refractivity contribution < 1.29 is 9.13 Å². The predicted octanol–water partition coefficient (Wildman–Crippen LogP) is 2.04. The maximum absolute atomic E-state index is 13.5. The summed E-state index contributed by atoms with van der Waals surface area (Å²) in [7, 11) is 3.24. The molecule has 98 valence electrons. The Bertz CT molecular complexity index is 530. The van der Waals surface area contributed by atoms with Crippen LogP contribution < -0.4 is 10.5 Å². The van der Waals surface area contributed by atoms with Crippen molar-refractivity contribution in [3.05, 3.63) is 47.5 Å². The van der Waals surface area contributed by atoms with E-state index in [1.807, 2.05) is 13.2 Å². The lowest BCUT2D eigenvalue weighted by atomic mass is 10.0. The van der Waals surface area contributed by atoms with Crippen LogP contribution in [0.2, 0.25) is 0 Å². The van der Waals surface area contributed by atoms with Crippen LogP contribution in [0.3, 0.4) is 0 Å². The topological polar surface area (TPSA) is 53.1 Å². The summed E-state index contributed by atoms with van der Waals surface area (Å²) < 4.78 is 20.0. The first-order valence-electron chi connectivity index (χ1n) is 5.19. The van der Waals surface area contributed by atoms with Crippen molar-refractivity contribution in [1.29, 1.82) is 0 Å². The largest absolute Gasteiger partial charge is 0.494 e. The molecule has 1 aromatic carbocycles. The normalized spacial score (nSPS) is 11.8. The summed E-state index contributed by atoms with van der Waals surface area (Å²) in [5.74, 6) is -0.198. The Hall–Kier alpha value is -1.59. The molecule has 0 aliphatic carbocycles. The van der Waals surface area contributed by atoms with E-state index >= 15 is 0 Å². The van der Waals surface area contributed by atoms with Crippen molar-refractivity contribution in [1.82, 2.24) is 9.78 Å². The molecule has 1 heterocycles. The van der Waals surface area contributed by atoms with E-state index in [0.29, 0.717) is 5.56 Å². The highest BCUT2D eigenvalue weighted by molar-refractivity contribution is 5.85. The first-order valence-corrected chi connectivity index (χ1v) is 5.19. The van der Waals surface area contributed by atoms with Gasteiger partial charge in [-0.2, -0.15) is 5.10 Å². The molecule has 2 aromatic rings. The molecule has 0 saturated carbocycles. The van der Waals surface area contributed by atoms with Gasteiger partial charge in [0.05, 0.1) is 19.3 Å². The molecule has 0 spiro atoms. The third-order valence-corrected chi connectivity index (χ3v) is 2.62. The number of rotatable bonds is 3. The highest BCUT2D eigenvalue weighted by atomic mass is 35.5. The van der Waals surface area contributed by atoms with Gasteiger partial charge in [-0.1, -0.05) is 6.07 Å². The summed E-state index contributed by atoms with van der Waals surface area (Å²) in [4.78, 5) is 0.